The lowest BCUT2D eigenvalue weighted by Crippen LogP contribution is -2.46. The Bertz CT molecular complexity index is 2630. The zero-order valence-electron chi connectivity index (χ0n) is 35.9. The summed E-state index contributed by atoms with van der Waals surface area (Å²) < 4.78 is 99.7. The van der Waals surface area contributed by atoms with Gasteiger partial charge in [0.2, 0.25) is 0 Å². The molecule has 2 fully saturated rings. The predicted octanol–water partition coefficient (Wildman–Crippen LogP) is 9.36. The van der Waals surface area contributed by atoms with E-state index in [-0.39, 0.29) is 11.5 Å². The fraction of sp³-hybridized carbons (Fsp3) is 0.404. The maximum Gasteiger partial charge on any atom is 0.501 e. The molecule has 346 valence electrons. The normalized spacial score (nSPS) is 17.7. The van der Waals surface area contributed by atoms with Crippen molar-refractivity contribution in [3.63, 3.8) is 0 Å². The summed E-state index contributed by atoms with van der Waals surface area (Å²) in [5.74, 6) is 0.448. The highest BCUT2D eigenvalue weighted by Crippen LogP contribution is 2.38. The van der Waals surface area contributed by atoms with Gasteiger partial charge < -0.3 is 10.2 Å². The summed E-state index contributed by atoms with van der Waals surface area (Å²) in [6, 6.07) is 28.5. The lowest BCUT2D eigenvalue weighted by Gasteiger charge is -2.40. The first-order valence-corrected chi connectivity index (χ1v) is 26.3. The van der Waals surface area contributed by atoms with Gasteiger partial charge in [-0.05, 0) is 124 Å². The highest BCUT2D eigenvalue weighted by atomic mass is 35.5. The summed E-state index contributed by atoms with van der Waals surface area (Å²) >= 11 is 7.65. The van der Waals surface area contributed by atoms with Crippen LogP contribution in [0.1, 0.15) is 55.3 Å². The van der Waals surface area contributed by atoms with Crippen molar-refractivity contribution in [3.8, 4) is 11.1 Å². The Morgan fingerprint density at radius 3 is 2.28 bits per heavy atom. The second kappa shape index (κ2) is 20.7. The van der Waals surface area contributed by atoms with Crippen molar-refractivity contribution in [1.29, 1.82) is 0 Å². The standard InChI is InChI=1S/C47H53ClF3N7O4S3/c48-36-15-13-34(14-16-36)41-12-6-5-9-35(41)30-57-26-20-38(21-27-57)58-28-22-42-44(31-58)52-33-53-46(42)55-65(61,62)40-17-18-43(45(29-40)64(59,60)47(49,50)51)54-37(19-25-56-23-7-2-8-24-56)32-63-39-10-3-1-4-11-39/h1,3-6,9-18,29,33,37-38,54H,2,7-8,19-28,30-32H2,(H,52,53,55). The van der Waals surface area contributed by atoms with Gasteiger partial charge in [0.1, 0.15) is 17.0 Å². The van der Waals surface area contributed by atoms with Gasteiger partial charge in [0.25, 0.3) is 19.9 Å². The van der Waals surface area contributed by atoms with Gasteiger partial charge in [-0.3, -0.25) is 14.5 Å². The van der Waals surface area contributed by atoms with E-state index < -0.39 is 41.2 Å². The van der Waals surface area contributed by atoms with Crippen molar-refractivity contribution >= 4 is 54.7 Å². The summed E-state index contributed by atoms with van der Waals surface area (Å²) in [6.45, 7) is 6.26. The Kier molecular flexibility index (Phi) is 15.1. The summed E-state index contributed by atoms with van der Waals surface area (Å²) in [4.78, 5) is 15.1. The summed E-state index contributed by atoms with van der Waals surface area (Å²) in [5.41, 5.74) is -1.19. The second-order valence-corrected chi connectivity index (χ2v) is 22.0. The summed E-state index contributed by atoms with van der Waals surface area (Å²) in [5, 5.41) is 3.78. The number of alkyl halides is 3. The third-order valence-corrected chi connectivity index (χ3v) is 16.9. The molecule has 2 N–H and O–H groups in total. The predicted molar refractivity (Wildman–Crippen MR) is 251 cm³/mol. The first-order chi connectivity index (χ1) is 31.2. The molecule has 0 saturated carbocycles. The van der Waals surface area contributed by atoms with Crippen LogP contribution in [-0.4, -0.2) is 104 Å². The van der Waals surface area contributed by atoms with E-state index in [1.165, 1.54) is 29.2 Å². The Labute approximate surface area is 389 Å². The highest BCUT2D eigenvalue weighted by molar-refractivity contribution is 7.99. The van der Waals surface area contributed by atoms with Gasteiger partial charge in [-0.15, -0.1) is 11.8 Å². The molecular weight excluding hydrogens is 915 g/mol. The molecule has 0 radical (unpaired) electrons. The molecule has 65 heavy (non-hydrogen) atoms. The number of sulfone groups is 1. The zero-order valence-corrected chi connectivity index (χ0v) is 39.1. The van der Waals surface area contributed by atoms with Crippen LogP contribution in [0.2, 0.25) is 5.02 Å². The molecule has 2 saturated heterocycles. The molecule has 3 aliphatic heterocycles. The molecule has 4 heterocycles. The van der Waals surface area contributed by atoms with Crippen LogP contribution in [0.4, 0.5) is 24.7 Å². The van der Waals surface area contributed by atoms with Crippen molar-refractivity contribution in [2.24, 2.45) is 0 Å². The lowest BCUT2D eigenvalue weighted by molar-refractivity contribution is -0.0435. The molecule has 3 aliphatic rings. The molecule has 0 bridgehead atoms. The average Bonchev–Trinajstić information content (AvgIpc) is 3.31. The Morgan fingerprint density at radius 2 is 1.54 bits per heavy atom. The van der Waals surface area contributed by atoms with Crippen LogP contribution in [0.25, 0.3) is 11.1 Å². The highest BCUT2D eigenvalue weighted by Gasteiger charge is 2.48. The van der Waals surface area contributed by atoms with Crippen LogP contribution < -0.4 is 10.0 Å². The second-order valence-electron chi connectivity index (χ2n) is 16.9. The molecule has 1 aromatic heterocycles. The van der Waals surface area contributed by atoms with Gasteiger partial charge in [-0.2, -0.15) is 13.2 Å². The van der Waals surface area contributed by atoms with E-state index in [0.717, 1.165) is 87.4 Å². The number of piperidine rings is 2. The number of nitrogens with zero attached hydrogens (tertiary/aromatic N) is 5. The molecule has 11 nitrogen and oxygen atoms in total. The average molecular weight is 969 g/mol. The van der Waals surface area contributed by atoms with Gasteiger partial charge in [0.15, 0.2) is 0 Å². The molecule has 0 aliphatic carbocycles. The van der Waals surface area contributed by atoms with Crippen LogP contribution in [0.5, 0.6) is 0 Å². The number of sulfonamides is 1. The van der Waals surface area contributed by atoms with E-state index in [1.807, 2.05) is 60.7 Å². The van der Waals surface area contributed by atoms with Gasteiger partial charge in [-0.25, -0.2) is 26.8 Å². The summed E-state index contributed by atoms with van der Waals surface area (Å²) in [7, 11) is -10.6. The number of hydrogen-bond donors (Lipinski definition) is 2. The van der Waals surface area contributed by atoms with Crippen LogP contribution in [0.3, 0.4) is 0 Å². The molecule has 1 atom stereocenters. The maximum absolute atomic E-state index is 14.3. The number of benzene rings is 4. The van der Waals surface area contributed by atoms with Crippen molar-refractivity contribution in [3.05, 3.63) is 125 Å². The summed E-state index contributed by atoms with van der Waals surface area (Å²) in [6.07, 6.45) is 7.41. The monoisotopic (exact) mass is 967 g/mol. The van der Waals surface area contributed by atoms with Crippen LogP contribution in [0, 0.1) is 0 Å². The minimum atomic E-state index is -5.99. The molecular formula is C47H53ClF3N7O4S3. The number of hydrogen-bond acceptors (Lipinski definition) is 11. The number of rotatable bonds is 16. The molecule has 5 aromatic rings. The van der Waals surface area contributed by atoms with Crippen molar-refractivity contribution in [2.75, 3.05) is 55.1 Å². The maximum atomic E-state index is 14.3. The number of nitrogens with one attached hydrogen (secondary N) is 2. The SMILES string of the molecule is O=S(=O)(Nc1ncnc2c1CCN(C1CCN(Cc3ccccc3-c3ccc(Cl)cc3)CC1)C2)c1ccc(NC(CCN2CCCCC2)CSc2ccccc2)c(S(=O)(=O)C(F)(F)F)c1. The van der Waals surface area contributed by atoms with Gasteiger partial charge in [-0.1, -0.05) is 72.6 Å². The number of likely N-dealkylation sites (tertiary alicyclic amines) is 2. The van der Waals surface area contributed by atoms with Crippen molar-refractivity contribution in [1.82, 2.24) is 24.7 Å². The van der Waals surface area contributed by atoms with Gasteiger partial charge >= 0.3 is 5.51 Å². The van der Waals surface area contributed by atoms with Crippen molar-refractivity contribution in [2.45, 2.75) is 90.3 Å². The van der Waals surface area contributed by atoms with Crippen LogP contribution in [0.15, 0.2) is 118 Å². The Hall–Kier alpha value is -4.23. The van der Waals surface area contributed by atoms with E-state index in [9.17, 15) is 30.0 Å². The number of anilines is 2. The first kappa shape index (κ1) is 47.3. The minimum absolute atomic E-state index is 0.0157. The molecule has 18 heteroatoms. The van der Waals surface area contributed by atoms with E-state index in [1.54, 1.807) is 0 Å². The number of halogens is 4. The van der Waals surface area contributed by atoms with Gasteiger partial charge in [0.05, 0.1) is 16.3 Å². The molecule has 4 aromatic carbocycles. The van der Waals surface area contributed by atoms with E-state index in [4.69, 9.17) is 11.6 Å². The van der Waals surface area contributed by atoms with Crippen LogP contribution >= 0.6 is 23.4 Å². The third-order valence-electron chi connectivity index (χ3n) is 12.6. The smallest absolute Gasteiger partial charge is 0.380 e. The topological polar surface area (TPSA) is 128 Å². The Balaban J connectivity index is 0.952. The molecule has 0 amide bonds. The largest absolute Gasteiger partial charge is 0.501 e. The molecule has 0 spiro atoms. The molecule has 1 unspecified atom stereocenters. The van der Waals surface area contributed by atoms with Crippen molar-refractivity contribution < 1.29 is 30.0 Å². The van der Waals surface area contributed by atoms with E-state index in [2.05, 4.69) is 52.9 Å². The zero-order chi connectivity index (χ0) is 45.6. The number of thioether (sulfide) groups is 1. The molecule has 8 rings (SSSR count). The van der Waals surface area contributed by atoms with E-state index >= 15 is 0 Å². The fourth-order valence-corrected chi connectivity index (χ4v) is 12.2. The Morgan fingerprint density at radius 1 is 0.815 bits per heavy atom. The number of aromatic nitrogens is 2. The fourth-order valence-electron chi connectivity index (χ4n) is 9.00. The number of fused-ring (bicyclic) bond motifs is 1. The van der Waals surface area contributed by atoms with Gasteiger partial charge in [0, 0.05) is 59.5 Å². The quantitative estimate of drug-likeness (QED) is 0.0919. The third kappa shape index (κ3) is 11.7. The van der Waals surface area contributed by atoms with Crippen LogP contribution in [-0.2, 0) is 39.4 Å². The first-order valence-electron chi connectivity index (χ1n) is 22.0. The minimum Gasteiger partial charge on any atom is -0.380 e. The lowest BCUT2D eigenvalue weighted by atomic mass is 9.96. The van der Waals surface area contributed by atoms with E-state index in [0.29, 0.717) is 66.6 Å².